The number of rotatable bonds is 5. The van der Waals surface area contributed by atoms with Gasteiger partial charge in [0.2, 0.25) is 0 Å². The third-order valence-electron chi connectivity index (χ3n) is 2.85. The molecule has 0 aliphatic carbocycles. The number of ether oxygens (including phenoxy) is 1. The maximum atomic E-state index is 12.3. The number of hydrogen-bond donors (Lipinski definition) is 0. The van der Waals surface area contributed by atoms with Crippen LogP contribution in [0.1, 0.15) is 12.5 Å². The number of aryl methyl sites for hydroxylation is 1. The van der Waals surface area contributed by atoms with Crippen molar-refractivity contribution in [3.63, 3.8) is 0 Å². The first-order valence-corrected chi connectivity index (χ1v) is 7.64. The van der Waals surface area contributed by atoms with Crippen LogP contribution in [0.15, 0.2) is 53.4 Å². The van der Waals surface area contributed by atoms with Crippen molar-refractivity contribution in [2.24, 2.45) is 0 Å². The maximum Gasteiger partial charge on any atom is 0.342 e. The second-order valence-corrected chi connectivity index (χ2v) is 5.70. The molecule has 4 nitrogen and oxygen atoms in total. The van der Waals surface area contributed by atoms with Gasteiger partial charge >= 0.3 is 10.1 Å². The van der Waals surface area contributed by atoms with Gasteiger partial charge in [-0.15, -0.1) is 0 Å². The van der Waals surface area contributed by atoms with Crippen molar-refractivity contribution in [2.75, 3.05) is 7.11 Å². The first kappa shape index (κ1) is 14.4. The lowest BCUT2D eigenvalue weighted by atomic mass is 10.2. The fraction of sp³-hybridized carbons (Fsp3) is 0.200. The summed E-state index contributed by atoms with van der Waals surface area (Å²) < 4.78 is 34.9. The van der Waals surface area contributed by atoms with Crippen molar-refractivity contribution in [1.82, 2.24) is 0 Å². The smallest absolute Gasteiger partial charge is 0.342 e. The molecule has 0 bridgehead atoms. The van der Waals surface area contributed by atoms with Gasteiger partial charge in [-0.1, -0.05) is 31.2 Å². The number of para-hydroxylation sites is 1. The van der Waals surface area contributed by atoms with Gasteiger partial charge in [0, 0.05) is 0 Å². The van der Waals surface area contributed by atoms with Crippen molar-refractivity contribution < 1.29 is 17.3 Å². The van der Waals surface area contributed by atoms with Crippen LogP contribution in [-0.4, -0.2) is 15.5 Å². The highest BCUT2D eigenvalue weighted by atomic mass is 32.2. The Morgan fingerprint density at radius 1 is 1.05 bits per heavy atom. The van der Waals surface area contributed by atoms with E-state index < -0.39 is 10.1 Å². The highest BCUT2D eigenvalue weighted by molar-refractivity contribution is 7.87. The molecular formula is C15H16O4S. The first-order valence-electron chi connectivity index (χ1n) is 6.23. The van der Waals surface area contributed by atoms with Gasteiger partial charge in [-0.2, -0.15) is 8.42 Å². The van der Waals surface area contributed by atoms with Crippen molar-refractivity contribution in [3.8, 4) is 11.5 Å². The lowest BCUT2D eigenvalue weighted by molar-refractivity contribution is 0.398. The molecule has 0 radical (unpaired) electrons. The summed E-state index contributed by atoms with van der Waals surface area (Å²) in [6.45, 7) is 1.95. The molecular weight excluding hydrogens is 276 g/mol. The highest BCUT2D eigenvalue weighted by Gasteiger charge is 2.22. The summed E-state index contributed by atoms with van der Waals surface area (Å²) in [5.41, 5.74) is 0.904. The third-order valence-corrected chi connectivity index (χ3v) is 4.12. The predicted octanol–water partition coefficient (Wildman–Crippen LogP) is 3.03. The third kappa shape index (κ3) is 3.11. The molecule has 2 aromatic carbocycles. The summed E-state index contributed by atoms with van der Waals surface area (Å²) in [6.07, 6.45) is 0.734. The Morgan fingerprint density at radius 3 is 2.35 bits per heavy atom. The molecule has 0 aliphatic rings. The average Bonchev–Trinajstić information content (AvgIpc) is 2.47. The molecule has 20 heavy (non-hydrogen) atoms. The van der Waals surface area contributed by atoms with Crippen LogP contribution < -0.4 is 8.92 Å². The van der Waals surface area contributed by atoms with E-state index in [1.807, 2.05) is 13.0 Å². The summed E-state index contributed by atoms with van der Waals surface area (Å²) in [5.74, 6) is 0.551. The second kappa shape index (κ2) is 5.96. The number of methoxy groups -OCH3 is 1. The second-order valence-electron chi connectivity index (χ2n) is 4.19. The summed E-state index contributed by atoms with van der Waals surface area (Å²) in [4.78, 5) is 0.0446. The lowest BCUT2D eigenvalue weighted by Crippen LogP contribution is -2.11. The zero-order valence-electron chi connectivity index (χ0n) is 11.4. The molecule has 2 aromatic rings. The fourth-order valence-corrected chi connectivity index (χ4v) is 2.93. The van der Waals surface area contributed by atoms with Gasteiger partial charge in [-0.25, -0.2) is 0 Å². The van der Waals surface area contributed by atoms with E-state index in [0.717, 1.165) is 12.0 Å². The molecule has 0 aromatic heterocycles. The molecule has 2 rings (SSSR count). The molecule has 5 heteroatoms. The number of hydrogen-bond acceptors (Lipinski definition) is 4. The maximum absolute atomic E-state index is 12.3. The van der Waals surface area contributed by atoms with Crippen molar-refractivity contribution in [1.29, 1.82) is 0 Å². The zero-order valence-corrected chi connectivity index (χ0v) is 12.2. The topological polar surface area (TPSA) is 52.6 Å². The van der Waals surface area contributed by atoms with E-state index in [9.17, 15) is 8.42 Å². The Morgan fingerprint density at radius 2 is 1.75 bits per heavy atom. The van der Waals surface area contributed by atoms with Crippen LogP contribution in [0.3, 0.4) is 0 Å². The molecule has 106 valence electrons. The van der Waals surface area contributed by atoms with E-state index in [1.54, 1.807) is 42.5 Å². The lowest BCUT2D eigenvalue weighted by Gasteiger charge is -2.11. The van der Waals surface area contributed by atoms with Crippen molar-refractivity contribution >= 4 is 10.1 Å². The zero-order chi connectivity index (χ0) is 14.6. The van der Waals surface area contributed by atoms with Gasteiger partial charge < -0.3 is 8.92 Å². The summed E-state index contributed by atoms with van der Waals surface area (Å²) >= 11 is 0. The molecule has 0 unspecified atom stereocenters. The van der Waals surface area contributed by atoms with Gasteiger partial charge in [0.05, 0.1) is 7.11 Å². The fourth-order valence-electron chi connectivity index (χ4n) is 1.78. The van der Waals surface area contributed by atoms with Crippen LogP contribution >= 0.6 is 0 Å². The Balaban J connectivity index is 2.43. The van der Waals surface area contributed by atoms with E-state index in [-0.39, 0.29) is 16.4 Å². The van der Waals surface area contributed by atoms with Crippen molar-refractivity contribution in [3.05, 3.63) is 54.1 Å². The molecule has 0 N–H and O–H groups in total. The Bertz CT molecular complexity index is 678. The molecule has 0 fully saturated rings. The van der Waals surface area contributed by atoms with E-state index >= 15 is 0 Å². The SMILES string of the molecule is CCc1ccc(OC)c(S(=O)(=O)Oc2ccccc2)c1. The van der Waals surface area contributed by atoms with Crippen LogP contribution in [0.2, 0.25) is 0 Å². The summed E-state index contributed by atoms with van der Waals surface area (Å²) in [6, 6.07) is 13.5. The van der Waals surface area contributed by atoms with E-state index in [0.29, 0.717) is 0 Å². The molecule has 0 heterocycles. The van der Waals surface area contributed by atoms with Gasteiger partial charge in [0.15, 0.2) is 0 Å². The summed E-state index contributed by atoms with van der Waals surface area (Å²) in [5, 5.41) is 0. The van der Waals surface area contributed by atoms with Crippen LogP contribution in [0.5, 0.6) is 11.5 Å². The minimum atomic E-state index is -3.91. The quantitative estimate of drug-likeness (QED) is 0.795. The van der Waals surface area contributed by atoms with Crippen LogP contribution in [-0.2, 0) is 16.5 Å². The van der Waals surface area contributed by atoms with Gasteiger partial charge in [-0.3, -0.25) is 0 Å². The number of benzene rings is 2. The van der Waals surface area contributed by atoms with Gasteiger partial charge in [-0.05, 0) is 36.2 Å². The molecule has 0 saturated carbocycles. The Kier molecular flexibility index (Phi) is 4.29. The highest BCUT2D eigenvalue weighted by Crippen LogP contribution is 2.28. The van der Waals surface area contributed by atoms with Gasteiger partial charge in [0.1, 0.15) is 16.4 Å². The molecule has 0 atom stereocenters. The standard InChI is InChI=1S/C15H16O4S/c1-3-12-9-10-14(18-2)15(11-12)20(16,17)19-13-7-5-4-6-8-13/h4-11H,3H2,1-2H3. The molecule has 0 spiro atoms. The normalized spacial score (nSPS) is 11.1. The Labute approximate surface area is 119 Å². The summed E-state index contributed by atoms with van der Waals surface area (Å²) in [7, 11) is -2.48. The monoisotopic (exact) mass is 292 g/mol. The minimum Gasteiger partial charge on any atom is -0.495 e. The molecule has 0 aliphatic heterocycles. The van der Waals surface area contributed by atoms with E-state index in [1.165, 1.54) is 7.11 Å². The molecule has 0 amide bonds. The van der Waals surface area contributed by atoms with E-state index in [4.69, 9.17) is 8.92 Å². The minimum absolute atomic E-state index is 0.0446. The average molecular weight is 292 g/mol. The predicted molar refractivity (Wildman–Crippen MR) is 76.6 cm³/mol. The Hall–Kier alpha value is -2.01. The molecule has 0 saturated heterocycles. The van der Waals surface area contributed by atoms with Crippen molar-refractivity contribution in [2.45, 2.75) is 18.2 Å². The van der Waals surface area contributed by atoms with Crippen LogP contribution in [0.25, 0.3) is 0 Å². The van der Waals surface area contributed by atoms with E-state index in [2.05, 4.69) is 0 Å². The largest absolute Gasteiger partial charge is 0.495 e. The van der Waals surface area contributed by atoms with Crippen LogP contribution in [0, 0.1) is 0 Å². The van der Waals surface area contributed by atoms with Crippen LogP contribution in [0.4, 0.5) is 0 Å². The first-order chi connectivity index (χ1) is 9.56. The van der Waals surface area contributed by atoms with Gasteiger partial charge in [0.25, 0.3) is 0 Å².